The molecule has 0 spiro atoms. The van der Waals surface area contributed by atoms with Crippen LogP contribution in [0.1, 0.15) is 21.7 Å². The molecule has 1 N–H and O–H groups in total. The second kappa shape index (κ2) is 8.30. The lowest BCUT2D eigenvalue weighted by molar-refractivity contribution is 0.101. The van der Waals surface area contributed by atoms with Gasteiger partial charge in [-0.05, 0) is 79.6 Å². The molecular formula is C23H18Cl2N4O. The molecule has 0 atom stereocenters. The first-order chi connectivity index (χ1) is 14.4. The van der Waals surface area contributed by atoms with E-state index < -0.39 is 0 Å². The Morgan fingerprint density at radius 3 is 2.20 bits per heavy atom. The number of nitrogens with one attached hydrogen (secondary N) is 1. The third-order valence-corrected chi connectivity index (χ3v) is 5.34. The van der Waals surface area contributed by atoms with Crippen LogP contribution in [0.5, 0.6) is 0 Å². The number of carbonyl (C=O) groups is 1. The zero-order valence-electron chi connectivity index (χ0n) is 16.4. The predicted molar refractivity (Wildman–Crippen MR) is 121 cm³/mol. The van der Waals surface area contributed by atoms with Crippen LogP contribution < -0.4 is 5.32 Å². The minimum absolute atomic E-state index is 0.0656. The van der Waals surface area contributed by atoms with E-state index in [1.807, 2.05) is 56.3 Å². The summed E-state index contributed by atoms with van der Waals surface area (Å²) in [7, 11) is 0. The number of amides is 1. The van der Waals surface area contributed by atoms with Crippen molar-refractivity contribution in [3.8, 4) is 17.1 Å². The van der Waals surface area contributed by atoms with Gasteiger partial charge in [0.1, 0.15) is 0 Å². The van der Waals surface area contributed by atoms with E-state index in [0.29, 0.717) is 15.9 Å². The number of rotatable bonds is 4. The molecule has 0 aliphatic carbocycles. The average Bonchev–Trinajstić information content (AvgIpc) is 3.18. The maximum atomic E-state index is 12.9. The number of aryl methyl sites for hydroxylation is 1. The Morgan fingerprint density at radius 2 is 1.53 bits per heavy atom. The van der Waals surface area contributed by atoms with E-state index in [1.54, 1.807) is 28.9 Å². The maximum absolute atomic E-state index is 12.9. The van der Waals surface area contributed by atoms with Crippen LogP contribution in [0, 0.1) is 13.8 Å². The molecule has 0 aliphatic heterocycles. The van der Waals surface area contributed by atoms with Gasteiger partial charge in [-0.2, -0.15) is 0 Å². The summed E-state index contributed by atoms with van der Waals surface area (Å²) >= 11 is 12.0. The lowest BCUT2D eigenvalue weighted by Crippen LogP contribution is -2.15. The third-order valence-electron chi connectivity index (χ3n) is 4.84. The predicted octanol–water partition coefficient (Wildman–Crippen LogP) is 6.11. The summed E-state index contributed by atoms with van der Waals surface area (Å²) in [4.78, 5) is 17.4. The largest absolute Gasteiger partial charge is 0.319 e. The molecule has 1 aromatic heterocycles. The van der Waals surface area contributed by atoms with E-state index >= 15 is 0 Å². The zero-order chi connectivity index (χ0) is 21.3. The Labute approximate surface area is 184 Å². The van der Waals surface area contributed by atoms with E-state index in [2.05, 4.69) is 15.4 Å². The quantitative estimate of drug-likeness (QED) is 0.419. The highest BCUT2D eigenvalue weighted by Gasteiger charge is 2.19. The van der Waals surface area contributed by atoms with Gasteiger partial charge in [0.05, 0.1) is 5.69 Å². The van der Waals surface area contributed by atoms with E-state index in [-0.39, 0.29) is 11.7 Å². The van der Waals surface area contributed by atoms with Gasteiger partial charge < -0.3 is 5.32 Å². The standard InChI is InChI=1S/C23H18Cl2N4O/c1-14-4-3-5-20(15(14)2)26-23(30)21-27-22(16-6-8-17(24)9-7-16)29(28-21)19-12-10-18(25)11-13-19/h3-13H,1-2H3,(H,26,30). The van der Waals surface area contributed by atoms with Gasteiger partial charge in [-0.15, -0.1) is 5.10 Å². The number of carbonyl (C=O) groups excluding carboxylic acids is 1. The lowest BCUT2D eigenvalue weighted by Gasteiger charge is -2.08. The van der Waals surface area contributed by atoms with Crippen LogP contribution in [0.15, 0.2) is 66.7 Å². The highest BCUT2D eigenvalue weighted by Crippen LogP contribution is 2.25. The Bertz CT molecular complexity index is 1150. The maximum Gasteiger partial charge on any atom is 0.295 e. The van der Waals surface area contributed by atoms with Crippen LogP contribution in [-0.4, -0.2) is 20.7 Å². The molecule has 0 saturated heterocycles. The molecule has 0 unspecified atom stereocenters. The zero-order valence-corrected chi connectivity index (χ0v) is 17.9. The summed E-state index contributed by atoms with van der Waals surface area (Å²) in [6, 6.07) is 20.1. The van der Waals surface area contributed by atoms with Gasteiger partial charge in [-0.1, -0.05) is 35.3 Å². The van der Waals surface area contributed by atoms with Crippen molar-refractivity contribution in [2.75, 3.05) is 5.32 Å². The normalized spacial score (nSPS) is 10.8. The fraction of sp³-hybridized carbons (Fsp3) is 0.0870. The Balaban J connectivity index is 1.76. The molecular weight excluding hydrogens is 419 g/mol. The fourth-order valence-corrected chi connectivity index (χ4v) is 3.27. The van der Waals surface area contributed by atoms with Crippen LogP contribution in [0.4, 0.5) is 5.69 Å². The van der Waals surface area contributed by atoms with Gasteiger partial charge in [0.15, 0.2) is 5.82 Å². The van der Waals surface area contributed by atoms with E-state index in [9.17, 15) is 4.79 Å². The first-order valence-electron chi connectivity index (χ1n) is 9.29. The highest BCUT2D eigenvalue weighted by molar-refractivity contribution is 6.30. The summed E-state index contributed by atoms with van der Waals surface area (Å²) in [5, 5.41) is 8.61. The molecule has 7 heteroatoms. The molecule has 1 heterocycles. The van der Waals surface area contributed by atoms with Crippen molar-refractivity contribution in [2.24, 2.45) is 0 Å². The summed E-state index contributed by atoms with van der Waals surface area (Å²) < 4.78 is 1.62. The summed E-state index contributed by atoms with van der Waals surface area (Å²) in [5.74, 6) is 0.211. The number of benzene rings is 3. The Kier molecular flexibility index (Phi) is 5.57. The highest BCUT2D eigenvalue weighted by atomic mass is 35.5. The molecule has 0 fully saturated rings. The van der Waals surface area contributed by atoms with E-state index in [0.717, 1.165) is 28.1 Å². The van der Waals surface area contributed by atoms with Gasteiger partial charge in [0.25, 0.3) is 5.91 Å². The van der Waals surface area contributed by atoms with Gasteiger partial charge in [-0.25, -0.2) is 9.67 Å². The molecule has 4 aromatic rings. The topological polar surface area (TPSA) is 59.8 Å². The van der Waals surface area contributed by atoms with Gasteiger partial charge in [-0.3, -0.25) is 4.79 Å². The summed E-state index contributed by atoms with van der Waals surface area (Å²) in [6.45, 7) is 3.96. The van der Waals surface area contributed by atoms with Gasteiger partial charge >= 0.3 is 0 Å². The first kappa shape index (κ1) is 20.1. The van der Waals surface area contributed by atoms with Crippen molar-refractivity contribution in [1.82, 2.24) is 14.8 Å². The van der Waals surface area contributed by atoms with Crippen LogP contribution >= 0.6 is 23.2 Å². The minimum atomic E-state index is -0.383. The monoisotopic (exact) mass is 436 g/mol. The number of aromatic nitrogens is 3. The number of halogens is 2. The summed E-state index contributed by atoms with van der Waals surface area (Å²) in [5.41, 5.74) is 4.35. The SMILES string of the molecule is Cc1cccc(NC(=O)c2nc(-c3ccc(Cl)cc3)n(-c3ccc(Cl)cc3)n2)c1C. The van der Waals surface area contributed by atoms with Crippen LogP contribution in [0.25, 0.3) is 17.1 Å². The number of anilines is 1. The molecule has 30 heavy (non-hydrogen) atoms. The number of nitrogens with zero attached hydrogens (tertiary/aromatic N) is 3. The van der Waals surface area contributed by atoms with Crippen molar-refractivity contribution >= 4 is 34.8 Å². The first-order valence-corrected chi connectivity index (χ1v) is 10.0. The molecule has 0 radical (unpaired) electrons. The molecule has 150 valence electrons. The van der Waals surface area contributed by atoms with Crippen molar-refractivity contribution < 1.29 is 4.79 Å². The second-order valence-corrected chi connectivity index (χ2v) is 7.73. The van der Waals surface area contributed by atoms with E-state index in [4.69, 9.17) is 23.2 Å². The van der Waals surface area contributed by atoms with Crippen LogP contribution in [-0.2, 0) is 0 Å². The number of hydrogen-bond donors (Lipinski definition) is 1. The Hall–Kier alpha value is -3.15. The average molecular weight is 437 g/mol. The van der Waals surface area contributed by atoms with Crippen LogP contribution in [0.3, 0.4) is 0 Å². The molecule has 4 rings (SSSR count). The van der Waals surface area contributed by atoms with E-state index in [1.165, 1.54) is 0 Å². The molecule has 3 aromatic carbocycles. The van der Waals surface area contributed by atoms with Crippen LogP contribution in [0.2, 0.25) is 10.0 Å². The smallest absolute Gasteiger partial charge is 0.295 e. The molecule has 0 bridgehead atoms. The van der Waals surface area contributed by atoms with Crippen molar-refractivity contribution in [3.05, 3.63) is 93.7 Å². The molecule has 0 aliphatic rings. The Morgan fingerprint density at radius 1 is 0.900 bits per heavy atom. The minimum Gasteiger partial charge on any atom is -0.319 e. The molecule has 0 saturated carbocycles. The third kappa shape index (κ3) is 4.08. The van der Waals surface area contributed by atoms with Gasteiger partial charge in [0.2, 0.25) is 5.82 Å². The van der Waals surface area contributed by atoms with Crippen molar-refractivity contribution in [2.45, 2.75) is 13.8 Å². The second-order valence-electron chi connectivity index (χ2n) is 6.86. The number of hydrogen-bond acceptors (Lipinski definition) is 3. The van der Waals surface area contributed by atoms with Crippen molar-refractivity contribution in [3.63, 3.8) is 0 Å². The lowest BCUT2D eigenvalue weighted by atomic mass is 10.1. The summed E-state index contributed by atoms with van der Waals surface area (Å²) in [6.07, 6.45) is 0. The van der Waals surface area contributed by atoms with Gasteiger partial charge in [0, 0.05) is 21.3 Å². The fourth-order valence-electron chi connectivity index (χ4n) is 3.02. The van der Waals surface area contributed by atoms with Crippen molar-refractivity contribution in [1.29, 1.82) is 0 Å². The molecule has 5 nitrogen and oxygen atoms in total. The molecule has 1 amide bonds.